The van der Waals surface area contributed by atoms with Gasteiger partial charge in [-0.05, 0) is 23.8 Å². The van der Waals surface area contributed by atoms with Gasteiger partial charge in [-0.2, -0.15) is 5.11 Å². The standard InChI is InChI=1S/C17H19N7O/c1-19-15-6-12(2-3-14(15)22-18)13-4-5-24-16(13)8-21-17(23-24)20-7-11-9-25-10-11/h2-6,8,11,18-19H,7,9-10H2,1H3,(H,20,23). The number of rotatable bonds is 6. The highest BCUT2D eigenvalue weighted by Crippen LogP contribution is 2.32. The van der Waals surface area contributed by atoms with Crippen LogP contribution in [0, 0.1) is 11.4 Å². The molecule has 1 aliphatic heterocycles. The summed E-state index contributed by atoms with van der Waals surface area (Å²) < 4.78 is 6.99. The van der Waals surface area contributed by atoms with Crippen LogP contribution in [0.15, 0.2) is 41.8 Å². The van der Waals surface area contributed by atoms with Crippen molar-refractivity contribution in [2.45, 2.75) is 0 Å². The molecule has 8 nitrogen and oxygen atoms in total. The van der Waals surface area contributed by atoms with Gasteiger partial charge in [0.2, 0.25) is 5.95 Å². The summed E-state index contributed by atoms with van der Waals surface area (Å²) in [6.07, 6.45) is 3.75. The predicted octanol–water partition coefficient (Wildman–Crippen LogP) is 3.16. The lowest BCUT2D eigenvalue weighted by molar-refractivity contribution is -0.0249. The van der Waals surface area contributed by atoms with E-state index in [0.29, 0.717) is 17.6 Å². The Kier molecular flexibility index (Phi) is 4.02. The molecule has 0 radical (unpaired) electrons. The molecule has 0 unspecified atom stereocenters. The topological polar surface area (TPSA) is 99.7 Å². The van der Waals surface area contributed by atoms with Crippen LogP contribution >= 0.6 is 0 Å². The second kappa shape index (κ2) is 6.48. The molecule has 1 saturated heterocycles. The zero-order valence-electron chi connectivity index (χ0n) is 13.9. The summed E-state index contributed by atoms with van der Waals surface area (Å²) in [5.41, 5.74) is 11.6. The molecule has 1 aromatic carbocycles. The molecule has 2 aromatic heterocycles. The molecule has 1 aliphatic rings. The fourth-order valence-corrected chi connectivity index (χ4v) is 2.86. The van der Waals surface area contributed by atoms with Gasteiger partial charge in [-0.25, -0.2) is 15.0 Å². The van der Waals surface area contributed by atoms with Crippen LogP contribution in [0.5, 0.6) is 0 Å². The minimum Gasteiger partial charge on any atom is -0.386 e. The van der Waals surface area contributed by atoms with Crippen molar-refractivity contribution in [2.24, 2.45) is 11.0 Å². The van der Waals surface area contributed by atoms with Crippen LogP contribution in [0.25, 0.3) is 16.6 Å². The highest BCUT2D eigenvalue weighted by molar-refractivity contribution is 5.84. The third kappa shape index (κ3) is 2.91. The quantitative estimate of drug-likeness (QED) is 0.600. The van der Waals surface area contributed by atoms with Gasteiger partial charge in [-0.3, -0.25) is 0 Å². The van der Waals surface area contributed by atoms with Gasteiger partial charge < -0.3 is 15.4 Å². The van der Waals surface area contributed by atoms with Crippen molar-refractivity contribution in [2.75, 3.05) is 37.4 Å². The summed E-state index contributed by atoms with van der Waals surface area (Å²) in [5, 5.41) is 14.4. The maximum absolute atomic E-state index is 7.22. The summed E-state index contributed by atoms with van der Waals surface area (Å²) in [5.74, 6) is 1.15. The van der Waals surface area contributed by atoms with E-state index in [1.807, 2.05) is 48.2 Å². The van der Waals surface area contributed by atoms with Gasteiger partial charge in [0.05, 0.1) is 30.6 Å². The second-order valence-corrected chi connectivity index (χ2v) is 6.02. The molecule has 0 spiro atoms. The molecule has 0 amide bonds. The lowest BCUT2D eigenvalue weighted by atomic mass is 10.1. The Bertz CT molecular complexity index is 917. The van der Waals surface area contributed by atoms with E-state index in [-0.39, 0.29) is 0 Å². The van der Waals surface area contributed by atoms with Crippen LogP contribution in [-0.2, 0) is 4.74 Å². The maximum atomic E-state index is 7.22. The van der Waals surface area contributed by atoms with Gasteiger partial charge in [-0.1, -0.05) is 6.07 Å². The van der Waals surface area contributed by atoms with Crippen LogP contribution in [0.2, 0.25) is 0 Å². The lowest BCUT2D eigenvalue weighted by Crippen LogP contribution is -2.33. The number of benzene rings is 1. The molecule has 0 aliphatic carbocycles. The average molecular weight is 337 g/mol. The molecule has 1 fully saturated rings. The lowest BCUT2D eigenvalue weighted by Gasteiger charge is -2.25. The summed E-state index contributed by atoms with van der Waals surface area (Å²) in [6.45, 7) is 2.43. The zero-order valence-corrected chi connectivity index (χ0v) is 13.9. The first kappa shape index (κ1) is 15.5. The van der Waals surface area contributed by atoms with Crippen LogP contribution < -0.4 is 10.6 Å². The maximum Gasteiger partial charge on any atom is 0.241 e. The average Bonchev–Trinajstić information content (AvgIpc) is 3.03. The summed E-state index contributed by atoms with van der Waals surface area (Å²) in [4.78, 5) is 4.42. The number of anilines is 2. The Labute approximate surface area is 144 Å². The van der Waals surface area contributed by atoms with Crippen molar-refractivity contribution in [3.05, 3.63) is 36.7 Å². The van der Waals surface area contributed by atoms with E-state index >= 15 is 0 Å². The largest absolute Gasteiger partial charge is 0.386 e. The molecule has 4 rings (SSSR count). The number of hydrogen-bond acceptors (Lipinski definition) is 7. The summed E-state index contributed by atoms with van der Waals surface area (Å²) in [6, 6.07) is 7.77. The second-order valence-electron chi connectivity index (χ2n) is 6.02. The van der Waals surface area contributed by atoms with Crippen molar-refractivity contribution < 1.29 is 4.74 Å². The van der Waals surface area contributed by atoms with E-state index in [9.17, 15) is 0 Å². The first-order chi connectivity index (χ1) is 12.3. The van der Waals surface area contributed by atoms with Gasteiger partial charge in [0, 0.05) is 31.3 Å². The van der Waals surface area contributed by atoms with E-state index in [1.165, 1.54) is 0 Å². The van der Waals surface area contributed by atoms with Crippen molar-refractivity contribution in [1.82, 2.24) is 14.6 Å². The van der Waals surface area contributed by atoms with Gasteiger partial charge in [0.1, 0.15) is 5.69 Å². The highest BCUT2D eigenvalue weighted by Gasteiger charge is 2.18. The van der Waals surface area contributed by atoms with Gasteiger partial charge in [0.15, 0.2) is 0 Å². The number of nitrogens with zero attached hydrogens (tertiary/aromatic N) is 4. The van der Waals surface area contributed by atoms with Crippen molar-refractivity contribution in [1.29, 1.82) is 5.53 Å². The summed E-state index contributed by atoms with van der Waals surface area (Å²) in [7, 11) is 1.82. The monoisotopic (exact) mass is 337 g/mol. The normalized spacial score (nSPS) is 14.3. The van der Waals surface area contributed by atoms with E-state index < -0.39 is 0 Å². The first-order valence-corrected chi connectivity index (χ1v) is 8.14. The van der Waals surface area contributed by atoms with Gasteiger partial charge >= 0.3 is 0 Å². The van der Waals surface area contributed by atoms with Crippen LogP contribution in [0.1, 0.15) is 0 Å². The fraction of sp³-hybridized carbons (Fsp3) is 0.294. The molecule has 3 aromatic rings. The summed E-state index contributed by atoms with van der Waals surface area (Å²) >= 11 is 0. The van der Waals surface area contributed by atoms with E-state index in [1.54, 1.807) is 0 Å². The smallest absolute Gasteiger partial charge is 0.241 e. The molecule has 0 saturated carbocycles. The molecular formula is C17H19N7O. The SMILES string of the molecule is CNc1cc(-c2ccn3nc(NCC4COC4)ncc23)ccc1N=N. The molecule has 0 bridgehead atoms. The predicted molar refractivity (Wildman–Crippen MR) is 95.6 cm³/mol. The van der Waals surface area contributed by atoms with Gasteiger partial charge in [-0.15, -0.1) is 5.10 Å². The Morgan fingerprint density at radius 3 is 2.96 bits per heavy atom. The van der Waals surface area contributed by atoms with E-state index in [2.05, 4.69) is 25.8 Å². The Balaban J connectivity index is 1.63. The van der Waals surface area contributed by atoms with Crippen LogP contribution in [-0.4, -0.2) is 41.4 Å². The molecule has 8 heteroatoms. The van der Waals surface area contributed by atoms with Crippen molar-refractivity contribution in [3.63, 3.8) is 0 Å². The molecular weight excluding hydrogens is 318 g/mol. The minimum absolute atomic E-state index is 0.542. The molecule has 3 heterocycles. The number of ether oxygens (including phenoxy) is 1. The molecule has 0 atom stereocenters. The van der Waals surface area contributed by atoms with E-state index in [0.717, 1.165) is 42.1 Å². The van der Waals surface area contributed by atoms with E-state index in [4.69, 9.17) is 10.3 Å². The number of hydrogen-bond donors (Lipinski definition) is 3. The number of fused-ring (bicyclic) bond motifs is 1. The van der Waals surface area contributed by atoms with Crippen molar-refractivity contribution in [3.8, 4) is 11.1 Å². The highest BCUT2D eigenvalue weighted by atomic mass is 16.5. The molecule has 3 N–H and O–H groups in total. The Morgan fingerprint density at radius 2 is 2.24 bits per heavy atom. The third-order valence-electron chi connectivity index (χ3n) is 4.37. The fourth-order valence-electron chi connectivity index (χ4n) is 2.86. The van der Waals surface area contributed by atoms with Gasteiger partial charge in [0.25, 0.3) is 0 Å². The van der Waals surface area contributed by atoms with Crippen LogP contribution in [0.4, 0.5) is 17.3 Å². The van der Waals surface area contributed by atoms with Crippen molar-refractivity contribution >= 4 is 22.8 Å². The molecule has 25 heavy (non-hydrogen) atoms. The Hall–Kier alpha value is -3.00. The van der Waals surface area contributed by atoms with Crippen LogP contribution in [0.3, 0.4) is 0 Å². The molecule has 128 valence electrons. The minimum atomic E-state index is 0.542. The third-order valence-corrected chi connectivity index (χ3v) is 4.37. The Morgan fingerprint density at radius 1 is 1.36 bits per heavy atom. The first-order valence-electron chi connectivity index (χ1n) is 8.14. The number of nitrogens with one attached hydrogen (secondary N) is 3. The zero-order chi connectivity index (χ0) is 17.2. The number of aromatic nitrogens is 3.